The first kappa shape index (κ1) is 13.5. The number of hydrogen-bond donors (Lipinski definition) is 0. The Hall–Kier alpha value is -1.48. The average molecular weight is 276 g/mol. The van der Waals surface area contributed by atoms with Gasteiger partial charge in [-0.15, -0.1) is 0 Å². The maximum atomic E-state index is 13.4. The van der Waals surface area contributed by atoms with E-state index in [1.807, 2.05) is 0 Å². The van der Waals surface area contributed by atoms with E-state index in [4.69, 9.17) is 14.7 Å². The Bertz CT molecular complexity index is 535. The van der Waals surface area contributed by atoms with E-state index in [9.17, 15) is 4.39 Å². The minimum Gasteiger partial charge on any atom is -0.346 e. The number of rotatable bonds is 2. The van der Waals surface area contributed by atoms with Crippen molar-refractivity contribution in [2.45, 2.75) is 25.2 Å². The molecular formula is C15H17FN2O2. The molecule has 0 N–H and O–H groups in total. The molecule has 2 saturated heterocycles. The van der Waals surface area contributed by atoms with Gasteiger partial charge in [0.15, 0.2) is 5.79 Å². The molecule has 0 atom stereocenters. The van der Waals surface area contributed by atoms with E-state index >= 15 is 0 Å². The minimum atomic E-state index is -0.488. The lowest BCUT2D eigenvalue weighted by Crippen LogP contribution is -2.48. The van der Waals surface area contributed by atoms with Crippen LogP contribution in [0.5, 0.6) is 0 Å². The summed E-state index contributed by atoms with van der Waals surface area (Å²) in [5.41, 5.74) is 1.25. The van der Waals surface area contributed by atoms with Crippen LogP contribution in [0.4, 0.5) is 4.39 Å². The van der Waals surface area contributed by atoms with Crippen molar-refractivity contribution in [1.29, 1.82) is 5.26 Å². The molecule has 0 amide bonds. The summed E-state index contributed by atoms with van der Waals surface area (Å²) in [6, 6.07) is 6.42. The summed E-state index contributed by atoms with van der Waals surface area (Å²) in [6.45, 7) is 3.41. The molecule has 0 saturated carbocycles. The molecule has 1 aromatic rings. The van der Waals surface area contributed by atoms with Crippen molar-refractivity contribution in [3.8, 4) is 6.07 Å². The molecule has 1 spiro atoms. The molecule has 2 aliphatic heterocycles. The molecule has 3 rings (SSSR count). The molecule has 106 valence electrons. The third-order valence-corrected chi connectivity index (χ3v) is 3.89. The number of nitrogens with zero attached hydrogens (tertiary/aromatic N) is 2. The molecule has 0 aromatic heterocycles. The number of benzene rings is 1. The highest BCUT2D eigenvalue weighted by atomic mass is 19.1. The van der Waals surface area contributed by atoms with Crippen LogP contribution in [0.15, 0.2) is 18.2 Å². The zero-order valence-electron chi connectivity index (χ0n) is 11.3. The zero-order chi connectivity index (χ0) is 14.0. The van der Waals surface area contributed by atoms with E-state index in [0.717, 1.165) is 24.9 Å². The molecule has 20 heavy (non-hydrogen) atoms. The predicted molar refractivity (Wildman–Crippen MR) is 70.3 cm³/mol. The van der Waals surface area contributed by atoms with Gasteiger partial charge < -0.3 is 9.47 Å². The van der Waals surface area contributed by atoms with Crippen LogP contribution < -0.4 is 0 Å². The van der Waals surface area contributed by atoms with Crippen molar-refractivity contribution >= 4 is 0 Å². The summed E-state index contributed by atoms with van der Waals surface area (Å²) in [5.74, 6) is -0.794. The number of ether oxygens (including phenoxy) is 2. The normalized spacial score (nSPS) is 22.0. The summed E-state index contributed by atoms with van der Waals surface area (Å²) in [4.78, 5) is 2.17. The van der Waals surface area contributed by atoms with Crippen LogP contribution in [-0.2, 0) is 16.0 Å². The van der Waals surface area contributed by atoms with Crippen molar-refractivity contribution in [2.24, 2.45) is 0 Å². The fourth-order valence-corrected chi connectivity index (χ4v) is 2.98. The molecule has 0 aliphatic carbocycles. The van der Waals surface area contributed by atoms with Crippen molar-refractivity contribution in [1.82, 2.24) is 4.90 Å². The predicted octanol–water partition coefficient (Wildman–Crippen LogP) is 2.04. The third kappa shape index (κ3) is 2.68. The van der Waals surface area contributed by atoms with Gasteiger partial charge in [0.05, 0.1) is 31.4 Å². The molecule has 2 heterocycles. The largest absolute Gasteiger partial charge is 0.346 e. The molecular weight excluding hydrogens is 259 g/mol. The fourth-order valence-electron chi connectivity index (χ4n) is 2.98. The van der Waals surface area contributed by atoms with Crippen LogP contribution in [0.3, 0.4) is 0 Å². The van der Waals surface area contributed by atoms with Crippen LogP contribution in [0.1, 0.15) is 24.0 Å². The maximum Gasteiger partial charge on any atom is 0.181 e. The Morgan fingerprint density at radius 3 is 2.90 bits per heavy atom. The van der Waals surface area contributed by atoms with Gasteiger partial charge in [-0.1, -0.05) is 0 Å². The SMILES string of the molecule is N#Cc1ccc(F)cc1CN1CCCC2(C1)OCCO2. The third-order valence-electron chi connectivity index (χ3n) is 3.89. The summed E-state index contributed by atoms with van der Waals surface area (Å²) in [6.07, 6.45) is 1.88. The summed E-state index contributed by atoms with van der Waals surface area (Å²) < 4.78 is 24.8. The highest BCUT2D eigenvalue weighted by Crippen LogP contribution is 2.31. The van der Waals surface area contributed by atoms with Crippen molar-refractivity contribution < 1.29 is 13.9 Å². The first-order chi connectivity index (χ1) is 9.71. The van der Waals surface area contributed by atoms with Crippen molar-refractivity contribution in [3.05, 3.63) is 35.1 Å². The standard InChI is InChI=1S/C15H17FN2O2/c16-14-3-2-12(9-17)13(8-14)10-18-5-1-4-15(11-18)19-6-7-20-15/h2-3,8H,1,4-7,10-11H2. The highest BCUT2D eigenvalue weighted by molar-refractivity contribution is 5.37. The van der Waals surface area contributed by atoms with Crippen LogP contribution >= 0.6 is 0 Å². The Kier molecular flexibility index (Phi) is 3.70. The Labute approximate surface area is 117 Å². The molecule has 4 nitrogen and oxygen atoms in total. The van der Waals surface area contributed by atoms with Gasteiger partial charge in [-0.05, 0) is 36.7 Å². The lowest BCUT2D eigenvalue weighted by atomic mass is 10.0. The molecule has 5 heteroatoms. The number of halogens is 1. The Morgan fingerprint density at radius 1 is 1.35 bits per heavy atom. The van der Waals surface area contributed by atoms with Crippen LogP contribution in [0.25, 0.3) is 0 Å². The van der Waals surface area contributed by atoms with Crippen LogP contribution in [0.2, 0.25) is 0 Å². The van der Waals surface area contributed by atoms with E-state index in [-0.39, 0.29) is 5.82 Å². The van der Waals surface area contributed by atoms with Crippen LogP contribution in [-0.4, -0.2) is 37.0 Å². The molecule has 0 bridgehead atoms. The van der Waals surface area contributed by atoms with E-state index in [1.54, 1.807) is 0 Å². The number of piperidine rings is 1. The monoisotopic (exact) mass is 276 g/mol. The maximum absolute atomic E-state index is 13.4. The highest BCUT2D eigenvalue weighted by Gasteiger charge is 2.40. The second-order valence-corrected chi connectivity index (χ2v) is 5.34. The molecule has 0 unspecified atom stereocenters. The first-order valence-corrected chi connectivity index (χ1v) is 6.90. The topological polar surface area (TPSA) is 45.5 Å². The van der Waals surface area contributed by atoms with Gasteiger partial charge in [-0.3, -0.25) is 4.90 Å². The van der Waals surface area contributed by atoms with E-state index in [0.29, 0.717) is 31.9 Å². The van der Waals surface area contributed by atoms with Gasteiger partial charge in [-0.2, -0.15) is 5.26 Å². The Morgan fingerprint density at radius 2 is 2.15 bits per heavy atom. The number of likely N-dealkylation sites (tertiary alicyclic amines) is 1. The second-order valence-electron chi connectivity index (χ2n) is 5.34. The summed E-state index contributed by atoms with van der Waals surface area (Å²) >= 11 is 0. The molecule has 0 radical (unpaired) electrons. The van der Waals surface area contributed by atoms with Gasteiger partial charge in [0, 0.05) is 13.0 Å². The van der Waals surface area contributed by atoms with Gasteiger partial charge in [0.1, 0.15) is 5.82 Å². The Balaban J connectivity index is 1.74. The van der Waals surface area contributed by atoms with Crippen LogP contribution in [0, 0.1) is 17.1 Å². The molecule has 1 aromatic carbocycles. The second kappa shape index (κ2) is 5.49. The number of hydrogen-bond acceptors (Lipinski definition) is 4. The van der Waals surface area contributed by atoms with Gasteiger partial charge in [-0.25, -0.2) is 4.39 Å². The smallest absolute Gasteiger partial charge is 0.181 e. The van der Waals surface area contributed by atoms with Crippen molar-refractivity contribution in [2.75, 3.05) is 26.3 Å². The quantitative estimate of drug-likeness (QED) is 0.829. The summed E-state index contributed by atoms with van der Waals surface area (Å²) in [7, 11) is 0. The first-order valence-electron chi connectivity index (χ1n) is 6.90. The van der Waals surface area contributed by atoms with E-state index in [2.05, 4.69) is 11.0 Å². The van der Waals surface area contributed by atoms with Gasteiger partial charge >= 0.3 is 0 Å². The number of nitriles is 1. The summed E-state index contributed by atoms with van der Waals surface area (Å²) in [5, 5.41) is 9.10. The lowest BCUT2D eigenvalue weighted by Gasteiger charge is -2.38. The van der Waals surface area contributed by atoms with E-state index in [1.165, 1.54) is 18.2 Å². The zero-order valence-corrected chi connectivity index (χ0v) is 11.3. The van der Waals surface area contributed by atoms with Gasteiger partial charge in [0.2, 0.25) is 0 Å². The molecule has 2 aliphatic rings. The lowest BCUT2D eigenvalue weighted by molar-refractivity contribution is -0.190. The average Bonchev–Trinajstić information content (AvgIpc) is 2.87. The van der Waals surface area contributed by atoms with E-state index < -0.39 is 5.79 Å². The van der Waals surface area contributed by atoms with Gasteiger partial charge in [0.25, 0.3) is 0 Å². The minimum absolute atomic E-state index is 0.306. The molecule has 2 fully saturated rings. The fraction of sp³-hybridized carbons (Fsp3) is 0.533. The van der Waals surface area contributed by atoms with Crippen molar-refractivity contribution in [3.63, 3.8) is 0 Å².